The van der Waals surface area contributed by atoms with Gasteiger partial charge in [0.15, 0.2) is 11.0 Å². The zero-order chi connectivity index (χ0) is 28.2. The molecule has 1 amide bonds. The zero-order valence-electron chi connectivity index (χ0n) is 22.2. The quantitative estimate of drug-likeness (QED) is 0.250. The molecule has 2 N–H and O–H groups in total. The minimum absolute atomic E-state index is 0.292. The number of amides is 1. The lowest BCUT2D eigenvalue weighted by Crippen LogP contribution is -2.47. The van der Waals surface area contributed by atoms with Crippen molar-refractivity contribution in [1.29, 1.82) is 0 Å². The molecule has 0 aliphatic carbocycles. The van der Waals surface area contributed by atoms with Crippen LogP contribution in [0.15, 0.2) is 79.3 Å². The summed E-state index contributed by atoms with van der Waals surface area (Å²) in [5, 5.41) is 7.04. The van der Waals surface area contributed by atoms with Gasteiger partial charge in [0.2, 0.25) is 11.9 Å². The maximum Gasteiger partial charge on any atom is 0.267 e. The summed E-state index contributed by atoms with van der Waals surface area (Å²) in [4.78, 5) is 40.6. The van der Waals surface area contributed by atoms with E-state index in [2.05, 4.69) is 35.4 Å². The number of hydrogen-bond acceptors (Lipinski definition) is 10. The monoisotopic (exact) mass is 583 g/mol. The number of aromatic nitrogens is 5. The molecular weight excluding hydrogens is 558 g/mol. The lowest BCUT2D eigenvalue weighted by molar-refractivity contribution is 0.103. The molecule has 5 aromatic rings. The summed E-state index contributed by atoms with van der Waals surface area (Å²) in [6.45, 7) is 5.05. The summed E-state index contributed by atoms with van der Waals surface area (Å²) in [6, 6.07) is 19.3. The standard InChI is InChI=1S/C29H26ClN9OS/c1-19-6-5-9-22(30)24(19)33-26(40)23-18-32-29(41-23)37-27-34-25(20-7-3-2-4-8-20)35-28(36-27)39-16-14-38(15-17-39)21-10-12-31-13-11-21/h2-13,18H,14-17H2,1H3,(H,33,40)(H,32,34,35,36,37). The number of pyridine rings is 1. The molecule has 206 valence electrons. The highest BCUT2D eigenvalue weighted by Crippen LogP contribution is 2.29. The number of nitrogens with one attached hydrogen (secondary N) is 2. The average molecular weight is 584 g/mol. The number of rotatable bonds is 7. The number of nitrogens with zero attached hydrogens (tertiary/aromatic N) is 7. The van der Waals surface area contributed by atoms with Gasteiger partial charge in [0.25, 0.3) is 5.91 Å². The van der Waals surface area contributed by atoms with Crippen LogP contribution < -0.4 is 20.4 Å². The highest BCUT2D eigenvalue weighted by Gasteiger charge is 2.22. The third-order valence-corrected chi connectivity index (χ3v) is 7.88. The number of hydrogen-bond donors (Lipinski definition) is 2. The molecule has 4 heterocycles. The summed E-state index contributed by atoms with van der Waals surface area (Å²) in [6.07, 6.45) is 5.14. The van der Waals surface area contributed by atoms with Crippen molar-refractivity contribution >= 4 is 57.2 Å². The molecule has 1 fully saturated rings. The van der Waals surface area contributed by atoms with Crippen LogP contribution in [-0.2, 0) is 0 Å². The highest BCUT2D eigenvalue weighted by molar-refractivity contribution is 7.17. The van der Waals surface area contributed by atoms with Gasteiger partial charge in [0, 0.05) is 49.8 Å². The first-order valence-electron chi connectivity index (χ1n) is 13.0. The third-order valence-electron chi connectivity index (χ3n) is 6.65. The molecule has 6 rings (SSSR count). The Labute approximate surface area is 246 Å². The molecule has 1 aliphatic rings. The molecule has 0 saturated carbocycles. The predicted molar refractivity (Wildman–Crippen MR) is 163 cm³/mol. The molecule has 41 heavy (non-hydrogen) atoms. The molecule has 0 radical (unpaired) electrons. The van der Waals surface area contributed by atoms with E-state index in [0.717, 1.165) is 43.0 Å². The van der Waals surface area contributed by atoms with Gasteiger partial charge in [-0.05, 0) is 30.7 Å². The van der Waals surface area contributed by atoms with Crippen molar-refractivity contribution in [2.45, 2.75) is 6.92 Å². The second-order valence-electron chi connectivity index (χ2n) is 9.37. The van der Waals surface area contributed by atoms with E-state index in [0.29, 0.717) is 38.4 Å². The van der Waals surface area contributed by atoms with Crippen LogP contribution in [0, 0.1) is 6.92 Å². The topological polar surface area (TPSA) is 112 Å². The first-order valence-corrected chi connectivity index (χ1v) is 14.2. The minimum Gasteiger partial charge on any atom is -0.368 e. The molecule has 0 atom stereocenters. The number of carbonyl (C=O) groups is 1. The second kappa shape index (κ2) is 11.9. The lowest BCUT2D eigenvalue weighted by Gasteiger charge is -2.36. The van der Waals surface area contributed by atoms with Crippen molar-refractivity contribution in [3.8, 4) is 11.4 Å². The van der Waals surface area contributed by atoms with Crippen LogP contribution in [0.5, 0.6) is 0 Å². The number of thiazole rings is 1. The fourth-order valence-electron chi connectivity index (χ4n) is 4.50. The summed E-state index contributed by atoms with van der Waals surface area (Å²) in [7, 11) is 0. The van der Waals surface area contributed by atoms with Crippen LogP contribution >= 0.6 is 22.9 Å². The van der Waals surface area contributed by atoms with Crippen molar-refractivity contribution < 1.29 is 4.79 Å². The Morgan fingerprint density at radius 3 is 2.41 bits per heavy atom. The molecule has 3 aromatic heterocycles. The van der Waals surface area contributed by atoms with Crippen molar-refractivity contribution in [2.24, 2.45) is 0 Å². The molecule has 0 bridgehead atoms. The van der Waals surface area contributed by atoms with E-state index in [1.54, 1.807) is 6.07 Å². The minimum atomic E-state index is -0.292. The van der Waals surface area contributed by atoms with Crippen molar-refractivity contribution in [2.75, 3.05) is 46.6 Å². The molecule has 10 nitrogen and oxygen atoms in total. The van der Waals surface area contributed by atoms with E-state index in [4.69, 9.17) is 21.6 Å². The summed E-state index contributed by atoms with van der Waals surface area (Å²) in [5.74, 6) is 1.20. The molecule has 1 aliphatic heterocycles. The summed E-state index contributed by atoms with van der Waals surface area (Å²) in [5.41, 5.74) is 3.49. The second-order valence-corrected chi connectivity index (χ2v) is 10.8. The van der Waals surface area contributed by atoms with Crippen LogP contribution in [0.4, 0.5) is 28.4 Å². The van der Waals surface area contributed by atoms with Crippen LogP contribution in [0.25, 0.3) is 11.4 Å². The third kappa shape index (κ3) is 6.11. The SMILES string of the molecule is Cc1cccc(Cl)c1NC(=O)c1cnc(Nc2nc(-c3ccccc3)nc(N3CCN(c4ccncc4)CC3)n2)s1. The normalized spacial score (nSPS) is 13.2. The maximum atomic E-state index is 12.9. The van der Waals surface area contributed by atoms with Gasteiger partial charge in [-0.1, -0.05) is 65.4 Å². The van der Waals surface area contributed by atoms with E-state index in [1.807, 2.05) is 73.9 Å². The fraction of sp³-hybridized carbons (Fsp3) is 0.172. The number of piperazine rings is 1. The van der Waals surface area contributed by atoms with Crippen LogP contribution in [-0.4, -0.2) is 57.0 Å². The highest BCUT2D eigenvalue weighted by atomic mass is 35.5. The smallest absolute Gasteiger partial charge is 0.267 e. The van der Waals surface area contributed by atoms with Gasteiger partial charge in [0.1, 0.15) is 4.88 Å². The molecular formula is C29H26ClN9OS. The van der Waals surface area contributed by atoms with Gasteiger partial charge in [-0.15, -0.1) is 0 Å². The zero-order valence-corrected chi connectivity index (χ0v) is 23.7. The van der Waals surface area contributed by atoms with Crippen molar-refractivity contribution in [1.82, 2.24) is 24.9 Å². The van der Waals surface area contributed by atoms with E-state index in [9.17, 15) is 4.79 Å². The molecule has 0 unspecified atom stereocenters. The van der Waals surface area contributed by atoms with Gasteiger partial charge in [-0.2, -0.15) is 15.0 Å². The van der Waals surface area contributed by atoms with Crippen LogP contribution in [0.2, 0.25) is 5.02 Å². The number of para-hydroxylation sites is 1. The Morgan fingerprint density at radius 2 is 1.66 bits per heavy atom. The number of halogens is 1. The average Bonchev–Trinajstić information content (AvgIpc) is 3.48. The van der Waals surface area contributed by atoms with Crippen molar-refractivity contribution in [3.63, 3.8) is 0 Å². The molecule has 2 aromatic carbocycles. The maximum absolute atomic E-state index is 12.9. The summed E-state index contributed by atoms with van der Waals surface area (Å²) < 4.78 is 0. The van der Waals surface area contributed by atoms with Crippen LogP contribution in [0.1, 0.15) is 15.2 Å². The Morgan fingerprint density at radius 1 is 0.902 bits per heavy atom. The Balaban J connectivity index is 1.22. The van der Waals surface area contributed by atoms with E-state index < -0.39 is 0 Å². The van der Waals surface area contributed by atoms with Gasteiger partial charge in [0.05, 0.1) is 16.9 Å². The Hall–Kier alpha value is -4.61. The first kappa shape index (κ1) is 26.6. The van der Waals surface area contributed by atoms with Crippen molar-refractivity contribution in [3.05, 3.63) is 94.7 Å². The predicted octanol–water partition coefficient (Wildman–Crippen LogP) is 5.67. The van der Waals surface area contributed by atoms with Gasteiger partial charge in [-0.25, -0.2) is 4.98 Å². The number of benzene rings is 2. The number of carbonyl (C=O) groups excluding carboxylic acids is 1. The van der Waals surface area contributed by atoms with E-state index in [1.165, 1.54) is 17.5 Å². The Bertz CT molecular complexity index is 1640. The first-order chi connectivity index (χ1) is 20.0. The molecule has 0 spiro atoms. The Kier molecular flexibility index (Phi) is 7.70. The summed E-state index contributed by atoms with van der Waals surface area (Å²) >= 11 is 7.49. The largest absolute Gasteiger partial charge is 0.368 e. The van der Waals surface area contributed by atoms with Gasteiger partial charge in [-0.3, -0.25) is 15.1 Å². The van der Waals surface area contributed by atoms with E-state index >= 15 is 0 Å². The van der Waals surface area contributed by atoms with Gasteiger partial charge < -0.3 is 15.1 Å². The van der Waals surface area contributed by atoms with Gasteiger partial charge >= 0.3 is 0 Å². The number of anilines is 5. The van der Waals surface area contributed by atoms with E-state index in [-0.39, 0.29) is 5.91 Å². The fourth-order valence-corrected chi connectivity index (χ4v) is 5.47. The molecule has 12 heteroatoms. The molecule has 1 saturated heterocycles. The number of aryl methyl sites for hydroxylation is 1. The lowest BCUT2D eigenvalue weighted by atomic mass is 10.2. The van der Waals surface area contributed by atoms with Crippen LogP contribution in [0.3, 0.4) is 0 Å².